The van der Waals surface area contributed by atoms with E-state index in [0.717, 1.165) is 36.5 Å². The second kappa shape index (κ2) is 8.64. The number of halogens is 1. The largest absolute Gasteiger partial charge is 0.461 e. The third kappa shape index (κ3) is 5.25. The number of esters is 1. The molecule has 0 radical (unpaired) electrons. The van der Waals surface area contributed by atoms with Gasteiger partial charge in [-0.1, -0.05) is 50.2 Å². The molecule has 1 aliphatic carbocycles. The molecule has 1 aliphatic rings. The molecule has 0 heterocycles. The molecule has 2 aromatic carbocycles. The monoisotopic (exact) mass is 409 g/mol. The molecule has 1 N–H and O–H groups in total. The molecule has 1 saturated carbocycles. The van der Waals surface area contributed by atoms with E-state index < -0.39 is 18.9 Å². The summed E-state index contributed by atoms with van der Waals surface area (Å²) in [6.45, 7) is -0.107. The van der Waals surface area contributed by atoms with Gasteiger partial charge in [-0.3, -0.25) is 4.79 Å². The van der Waals surface area contributed by atoms with Crippen LogP contribution in [0, 0.1) is 5.92 Å². The molecule has 0 spiro atoms. The van der Waals surface area contributed by atoms with Gasteiger partial charge in [0.25, 0.3) is 0 Å². The van der Waals surface area contributed by atoms with E-state index in [4.69, 9.17) is 20.5 Å². The number of carbonyl (C=O) groups excluding carboxylic acids is 1. The number of rotatable bonds is 7. The second-order valence-corrected chi connectivity index (χ2v) is 9.98. The normalized spacial score (nSPS) is 18.4. The van der Waals surface area contributed by atoms with E-state index in [1.165, 1.54) is 0 Å². The van der Waals surface area contributed by atoms with Gasteiger partial charge in [-0.25, -0.2) is 9.65 Å². The van der Waals surface area contributed by atoms with Crippen molar-refractivity contribution >= 4 is 34.9 Å². The van der Waals surface area contributed by atoms with Crippen LogP contribution in [0.3, 0.4) is 0 Å². The first-order valence-electron chi connectivity index (χ1n) is 9.31. The average molecular weight is 410 g/mol. The van der Waals surface area contributed by atoms with Crippen molar-refractivity contribution < 1.29 is 18.6 Å². The first kappa shape index (κ1) is 20.2. The molecular weight excluding hydrogens is 385 g/mol. The SMILES string of the molecule is CC(C)[C@H](NP(=O)(Cl)Oc1cccc2ccccc12)C(=O)OC1CCCC1. The van der Waals surface area contributed by atoms with Gasteiger partial charge in [0.2, 0.25) is 0 Å². The predicted octanol–water partition coefficient (Wildman–Crippen LogP) is 5.67. The van der Waals surface area contributed by atoms with E-state index in [1.807, 2.05) is 50.2 Å². The lowest BCUT2D eigenvalue weighted by atomic mass is 10.1. The summed E-state index contributed by atoms with van der Waals surface area (Å²) in [7, 11) is 0. The lowest BCUT2D eigenvalue weighted by Crippen LogP contribution is -2.41. The van der Waals surface area contributed by atoms with Crippen molar-refractivity contribution in [3.8, 4) is 5.75 Å². The van der Waals surface area contributed by atoms with E-state index >= 15 is 0 Å². The highest BCUT2D eigenvalue weighted by Crippen LogP contribution is 2.50. The van der Waals surface area contributed by atoms with Gasteiger partial charge < -0.3 is 9.26 Å². The molecular formula is C20H25ClNO4P. The number of fused-ring (bicyclic) bond motifs is 1. The summed E-state index contributed by atoms with van der Waals surface area (Å²) in [6.07, 6.45) is 3.82. The smallest absolute Gasteiger partial charge is 0.409 e. The van der Waals surface area contributed by atoms with Gasteiger partial charge in [-0.15, -0.1) is 0 Å². The van der Waals surface area contributed by atoms with Crippen LogP contribution in [0.5, 0.6) is 5.75 Å². The standard InChI is InChI=1S/C20H25ClNO4P/c1-14(2)19(20(23)25-16-10-4-5-11-16)22-27(21,24)26-18-13-7-9-15-8-3-6-12-17(15)18/h3,6-9,12-14,16,19H,4-5,10-11H2,1-2H3,(H,22,24)/t19-,27?/m0/s1. The lowest BCUT2D eigenvalue weighted by Gasteiger charge is -2.25. The van der Waals surface area contributed by atoms with Crippen LogP contribution in [0.1, 0.15) is 39.5 Å². The highest BCUT2D eigenvalue weighted by Gasteiger charge is 2.35. The molecule has 2 atom stereocenters. The van der Waals surface area contributed by atoms with Crippen LogP contribution in [0.4, 0.5) is 0 Å². The molecule has 3 rings (SSSR count). The zero-order valence-electron chi connectivity index (χ0n) is 15.6. The first-order chi connectivity index (χ1) is 12.9. The zero-order chi connectivity index (χ0) is 19.4. The Labute approximate surface area is 164 Å². The fourth-order valence-electron chi connectivity index (χ4n) is 3.31. The van der Waals surface area contributed by atoms with Crippen LogP contribution in [0.15, 0.2) is 42.5 Å². The van der Waals surface area contributed by atoms with Crippen molar-refractivity contribution in [1.82, 2.24) is 5.09 Å². The average Bonchev–Trinajstić information content (AvgIpc) is 3.12. The van der Waals surface area contributed by atoms with Crippen molar-refractivity contribution in [2.24, 2.45) is 5.92 Å². The number of hydrogen-bond donors (Lipinski definition) is 1. The van der Waals surface area contributed by atoms with Gasteiger partial charge in [0, 0.05) is 16.6 Å². The number of hydrogen-bond acceptors (Lipinski definition) is 4. The Morgan fingerprint density at radius 3 is 2.52 bits per heavy atom. The quantitative estimate of drug-likeness (QED) is 0.471. The Bertz CT molecular complexity index is 845. The Morgan fingerprint density at radius 2 is 1.81 bits per heavy atom. The zero-order valence-corrected chi connectivity index (χ0v) is 17.2. The highest BCUT2D eigenvalue weighted by molar-refractivity contribution is 7.84. The van der Waals surface area contributed by atoms with E-state index in [0.29, 0.717) is 5.75 Å². The number of nitrogens with one attached hydrogen (secondary N) is 1. The van der Waals surface area contributed by atoms with Crippen molar-refractivity contribution in [3.05, 3.63) is 42.5 Å². The maximum Gasteiger partial charge on any atom is 0.409 e. The Morgan fingerprint density at radius 1 is 1.15 bits per heavy atom. The fraction of sp³-hybridized carbons (Fsp3) is 0.450. The summed E-state index contributed by atoms with van der Waals surface area (Å²) in [5.41, 5.74) is 0. The van der Waals surface area contributed by atoms with Gasteiger partial charge in [-0.2, -0.15) is 0 Å². The van der Waals surface area contributed by atoms with Crippen LogP contribution in [-0.2, 0) is 14.1 Å². The Balaban J connectivity index is 1.74. The van der Waals surface area contributed by atoms with Crippen LogP contribution in [0.25, 0.3) is 10.8 Å². The minimum atomic E-state index is -3.81. The molecule has 5 nitrogen and oxygen atoms in total. The molecule has 27 heavy (non-hydrogen) atoms. The summed E-state index contributed by atoms with van der Waals surface area (Å²) in [6, 6.07) is 12.2. The van der Waals surface area contributed by atoms with Crippen molar-refractivity contribution in [2.45, 2.75) is 51.7 Å². The summed E-state index contributed by atoms with van der Waals surface area (Å²) in [4.78, 5) is 12.6. The van der Waals surface area contributed by atoms with Gasteiger partial charge in [-0.05, 0) is 43.1 Å². The number of benzene rings is 2. The van der Waals surface area contributed by atoms with Gasteiger partial charge >= 0.3 is 12.8 Å². The summed E-state index contributed by atoms with van der Waals surface area (Å²) >= 11 is 6.19. The van der Waals surface area contributed by atoms with Gasteiger partial charge in [0.1, 0.15) is 17.9 Å². The number of carbonyl (C=O) groups is 1. The minimum absolute atomic E-state index is 0.0609. The lowest BCUT2D eigenvalue weighted by molar-refractivity contribution is -0.152. The molecule has 0 aliphatic heterocycles. The van der Waals surface area contributed by atoms with E-state index in [9.17, 15) is 9.36 Å². The molecule has 0 amide bonds. The van der Waals surface area contributed by atoms with Crippen LogP contribution >= 0.6 is 18.1 Å². The van der Waals surface area contributed by atoms with Gasteiger partial charge in [0.15, 0.2) is 0 Å². The van der Waals surface area contributed by atoms with Crippen molar-refractivity contribution in [1.29, 1.82) is 0 Å². The highest BCUT2D eigenvalue weighted by atomic mass is 35.7. The molecule has 0 aromatic heterocycles. The molecule has 146 valence electrons. The second-order valence-electron chi connectivity index (χ2n) is 7.24. The molecule has 1 unspecified atom stereocenters. The van der Waals surface area contributed by atoms with Crippen LogP contribution in [0.2, 0.25) is 0 Å². The maximum absolute atomic E-state index is 12.9. The van der Waals surface area contributed by atoms with E-state index in [1.54, 1.807) is 6.07 Å². The molecule has 0 saturated heterocycles. The van der Waals surface area contributed by atoms with E-state index in [-0.39, 0.29) is 12.0 Å². The van der Waals surface area contributed by atoms with Crippen LogP contribution < -0.4 is 9.61 Å². The third-order valence-electron chi connectivity index (χ3n) is 4.76. The molecule has 0 bridgehead atoms. The minimum Gasteiger partial charge on any atom is -0.461 e. The first-order valence-corrected chi connectivity index (χ1v) is 11.8. The van der Waals surface area contributed by atoms with Crippen LogP contribution in [-0.4, -0.2) is 18.1 Å². The predicted molar refractivity (Wildman–Crippen MR) is 108 cm³/mol. The fourth-order valence-corrected chi connectivity index (χ4v) is 5.05. The third-order valence-corrected chi connectivity index (χ3v) is 6.28. The van der Waals surface area contributed by atoms with Gasteiger partial charge in [0.05, 0.1) is 0 Å². The van der Waals surface area contributed by atoms with Crippen molar-refractivity contribution in [3.63, 3.8) is 0 Å². The molecule has 1 fully saturated rings. The Hall–Kier alpha value is -1.55. The maximum atomic E-state index is 12.9. The molecule has 2 aromatic rings. The summed E-state index contributed by atoms with van der Waals surface area (Å²) < 4.78 is 24.1. The van der Waals surface area contributed by atoms with E-state index in [2.05, 4.69) is 5.09 Å². The summed E-state index contributed by atoms with van der Waals surface area (Å²) in [5, 5.41) is 4.46. The molecule has 7 heteroatoms. The number of ether oxygens (including phenoxy) is 1. The van der Waals surface area contributed by atoms with Crippen molar-refractivity contribution in [2.75, 3.05) is 0 Å². The summed E-state index contributed by atoms with van der Waals surface area (Å²) in [5.74, 6) is -0.174. The topological polar surface area (TPSA) is 64.6 Å². The Kier molecular flexibility index (Phi) is 6.46.